The number of ether oxygens (including phenoxy) is 2. The quantitative estimate of drug-likeness (QED) is 0.531. The molecule has 1 saturated heterocycles. The van der Waals surface area contributed by atoms with Gasteiger partial charge >= 0.3 is 0 Å². The van der Waals surface area contributed by atoms with E-state index >= 15 is 0 Å². The molecular weight excluding hydrogens is 412 g/mol. The van der Waals surface area contributed by atoms with E-state index < -0.39 is 23.6 Å². The number of hydrogen-bond acceptors (Lipinski definition) is 6. The van der Waals surface area contributed by atoms with Gasteiger partial charge in [-0.25, -0.2) is 0 Å². The first-order chi connectivity index (χ1) is 11.9. The predicted molar refractivity (Wildman–Crippen MR) is 98.3 cm³/mol. The molecule has 7 nitrogen and oxygen atoms in total. The van der Waals surface area contributed by atoms with Crippen molar-refractivity contribution in [2.24, 2.45) is 5.73 Å². The van der Waals surface area contributed by atoms with E-state index in [2.05, 4.69) is 22.5 Å². The topological polar surface area (TPSA) is 98.9 Å². The number of carbonyl (C=O) groups is 3. The molecule has 3 amide bonds. The highest BCUT2D eigenvalue weighted by molar-refractivity contribution is 9.10. The molecule has 1 heterocycles. The zero-order valence-electron chi connectivity index (χ0n) is 13.3. The van der Waals surface area contributed by atoms with Crippen LogP contribution in [0.5, 0.6) is 11.5 Å². The minimum atomic E-state index is -0.753. The van der Waals surface area contributed by atoms with E-state index in [0.717, 1.165) is 16.7 Å². The third-order valence-electron chi connectivity index (χ3n) is 3.08. The molecule has 0 aliphatic carbocycles. The van der Waals surface area contributed by atoms with Crippen LogP contribution in [0, 0.1) is 0 Å². The number of carbonyl (C=O) groups excluding carboxylic acids is 3. The van der Waals surface area contributed by atoms with E-state index in [1.165, 1.54) is 13.2 Å². The molecule has 0 atom stereocenters. The Morgan fingerprint density at radius 3 is 2.76 bits per heavy atom. The Labute approximate surface area is 156 Å². The van der Waals surface area contributed by atoms with Crippen molar-refractivity contribution in [2.45, 2.75) is 0 Å². The summed E-state index contributed by atoms with van der Waals surface area (Å²) in [4.78, 5) is 36.0. The number of halogens is 1. The van der Waals surface area contributed by atoms with Crippen LogP contribution >= 0.6 is 27.7 Å². The van der Waals surface area contributed by atoms with Gasteiger partial charge in [-0.1, -0.05) is 12.7 Å². The summed E-state index contributed by atoms with van der Waals surface area (Å²) in [5.41, 5.74) is 5.68. The summed E-state index contributed by atoms with van der Waals surface area (Å²) >= 11 is 4.14. The molecule has 1 aliphatic rings. The predicted octanol–water partition coefficient (Wildman–Crippen LogP) is 2.54. The van der Waals surface area contributed by atoms with Gasteiger partial charge in [-0.3, -0.25) is 19.3 Å². The lowest BCUT2D eigenvalue weighted by Gasteiger charge is -2.12. The van der Waals surface area contributed by atoms with Crippen molar-refractivity contribution in [3.05, 3.63) is 39.7 Å². The van der Waals surface area contributed by atoms with E-state index in [1.807, 2.05) is 0 Å². The van der Waals surface area contributed by atoms with Crippen molar-refractivity contribution in [3.63, 3.8) is 0 Å². The van der Waals surface area contributed by atoms with Crippen molar-refractivity contribution in [3.8, 4) is 11.5 Å². The molecule has 2 N–H and O–H groups in total. The Hall–Kier alpha value is -2.26. The van der Waals surface area contributed by atoms with Gasteiger partial charge in [0, 0.05) is 0 Å². The normalized spacial score (nSPS) is 15.6. The van der Waals surface area contributed by atoms with Gasteiger partial charge in [0.15, 0.2) is 11.5 Å². The van der Waals surface area contributed by atoms with E-state index in [9.17, 15) is 14.4 Å². The van der Waals surface area contributed by atoms with Crippen LogP contribution in [-0.4, -0.2) is 42.2 Å². The lowest BCUT2D eigenvalue weighted by atomic mass is 10.2. The number of thioether (sulfide) groups is 1. The molecule has 132 valence electrons. The molecule has 1 fully saturated rings. The summed E-state index contributed by atoms with van der Waals surface area (Å²) in [7, 11) is 1.49. The molecule has 0 spiro atoms. The zero-order chi connectivity index (χ0) is 18.6. The lowest BCUT2D eigenvalue weighted by Crippen LogP contribution is -2.36. The number of methoxy groups -OCH3 is 1. The molecule has 0 aromatic heterocycles. The van der Waals surface area contributed by atoms with Crippen molar-refractivity contribution >= 4 is 50.8 Å². The van der Waals surface area contributed by atoms with Crippen molar-refractivity contribution < 1.29 is 23.9 Å². The number of nitrogens with two attached hydrogens (primary N) is 1. The third kappa shape index (κ3) is 4.43. The fraction of sp³-hybridized carbons (Fsp3) is 0.188. The van der Waals surface area contributed by atoms with E-state index in [4.69, 9.17) is 15.2 Å². The number of amides is 3. The van der Waals surface area contributed by atoms with Gasteiger partial charge in [-0.2, -0.15) is 0 Å². The Kier molecular flexibility index (Phi) is 6.27. The van der Waals surface area contributed by atoms with Gasteiger partial charge in [0.05, 0.1) is 16.5 Å². The highest BCUT2D eigenvalue weighted by Gasteiger charge is 2.35. The maximum atomic E-state index is 12.2. The first-order valence-corrected chi connectivity index (χ1v) is 8.63. The van der Waals surface area contributed by atoms with Gasteiger partial charge in [0.2, 0.25) is 5.91 Å². The van der Waals surface area contributed by atoms with Gasteiger partial charge in [0.25, 0.3) is 11.1 Å². The van der Waals surface area contributed by atoms with Crippen LogP contribution in [0.15, 0.2) is 34.2 Å². The third-order valence-corrected chi connectivity index (χ3v) is 4.58. The number of imide groups is 1. The molecule has 0 bridgehead atoms. The minimum Gasteiger partial charge on any atom is -0.493 e. The molecule has 25 heavy (non-hydrogen) atoms. The van der Waals surface area contributed by atoms with Crippen LogP contribution in [0.2, 0.25) is 0 Å². The fourth-order valence-electron chi connectivity index (χ4n) is 2.05. The maximum Gasteiger partial charge on any atom is 0.294 e. The Morgan fingerprint density at radius 2 is 2.16 bits per heavy atom. The number of nitrogens with zero attached hydrogens (tertiary/aromatic N) is 1. The van der Waals surface area contributed by atoms with Gasteiger partial charge in [0.1, 0.15) is 13.2 Å². The SMILES string of the molecule is C=CCOc1c(Br)cc(/C=C2\SC(=O)N(CC(N)=O)C2=O)cc1OC. The molecule has 9 heteroatoms. The van der Waals surface area contributed by atoms with Crippen LogP contribution in [0.25, 0.3) is 6.08 Å². The minimum absolute atomic E-state index is 0.194. The van der Waals surface area contributed by atoms with Gasteiger partial charge in [-0.05, 0) is 51.5 Å². The number of benzene rings is 1. The smallest absolute Gasteiger partial charge is 0.294 e. The van der Waals surface area contributed by atoms with Crippen molar-refractivity contribution in [1.82, 2.24) is 4.90 Å². The monoisotopic (exact) mass is 426 g/mol. The second kappa shape index (κ2) is 8.21. The fourth-order valence-corrected chi connectivity index (χ4v) is 3.46. The Morgan fingerprint density at radius 1 is 1.44 bits per heavy atom. The zero-order valence-corrected chi connectivity index (χ0v) is 15.7. The molecule has 0 unspecified atom stereocenters. The van der Waals surface area contributed by atoms with Gasteiger partial charge < -0.3 is 15.2 Å². The van der Waals surface area contributed by atoms with E-state index in [1.54, 1.807) is 18.2 Å². The highest BCUT2D eigenvalue weighted by atomic mass is 79.9. The van der Waals surface area contributed by atoms with E-state index in [-0.39, 0.29) is 4.91 Å². The molecular formula is C16H15BrN2O5S. The van der Waals surface area contributed by atoms with Gasteiger partial charge in [-0.15, -0.1) is 0 Å². The number of primary amides is 1. The summed E-state index contributed by atoms with van der Waals surface area (Å²) in [6.45, 7) is 3.45. The van der Waals surface area contributed by atoms with E-state index in [0.29, 0.717) is 28.1 Å². The summed E-state index contributed by atoms with van der Waals surface area (Å²) in [5, 5.41) is -0.535. The van der Waals surface area contributed by atoms with Crippen LogP contribution in [0.3, 0.4) is 0 Å². The Bertz CT molecular complexity index is 778. The standard InChI is InChI=1S/C16H15BrN2O5S/c1-3-4-24-14-10(17)5-9(6-11(14)23-2)7-12-15(21)19(8-13(18)20)16(22)25-12/h3,5-7H,1,4,8H2,2H3,(H2,18,20)/b12-7-. The first-order valence-electron chi connectivity index (χ1n) is 7.02. The molecule has 1 aromatic carbocycles. The largest absolute Gasteiger partial charge is 0.493 e. The average molecular weight is 427 g/mol. The molecule has 0 radical (unpaired) electrons. The number of hydrogen-bond donors (Lipinski definition) is 1. The van der Waals surface area contributed by atoms with Crippen molar-refractivity contribution in [2.75, 3.05) is 20.3 Å². The van der Waals surface area contributed by atoms with Crippen molar-refractivity contribution in [1.29, 1.82) is 0 Å². The summed E-state index contributed by atoms with van der Waals surface area (Å²) in [5.74, 6) is -0.354. The van der Waals surface area contributed by atoms with Crippen LogP contribution in [0.4, 0.5) is 4.79 Å². The van der Waals surface area contributed by atoms with Crippen LogP contribution < -0.4 is 15.2 Å². The van der Waals surface area contributed by atoms with Crippen LogP contribution in [-0.2, 0) is 9.59 Å². The lowest BCUT2D eigenvalue weighted by molar-refractivity contribution is -0.127. The van der Waals surface area contributed by atoms with Crippen LogP contribution in [0.1, 0.15) is 5.56 Å². The second-order valence-electron chi connectivity index (χ2n) is 4.87. The first kappa shape index (κ1) is 19.1. The maximum absolute atomic E-state index is 12.2. The molecule has 0 saturated carbocycles. The molecule has 1 aliphatic heterocycles. The molecule has 2 rings (SSSR count). The average Bonchev–Trinajstić information content (AvgIpc) is 2.80. The highest BCUT2D eigenvalue weighted by Crippen LogP contribution is 2.39. The Balaban J connectivity index is 2.33. The number of rotatable bonds is 7. The summed E-state index contributed by atoms with van der Waals surface area (Å²) < 4.78 is 11.5. The molecule has 1 aromatic rings. The second-order valence-corrected chi connectivity index (χ2v) is 6.72. The summed E-state index contributed by atoms with van der Waals surface area (Å²) in [6, 6.07) is 3.40. The summed E-state index contributed by atoms with van der Waals surface area (Å²) in [6.07, 6.45) is 3.14.